The number of carbonyl (C=O) groups excluding carboxylic acids is 1. The molecule has 9 heteroatoms. The molecule has 2 aliphatic rings. The van der Waals surface area contributed by atoms with Crippen molar-refractivity contribution in [1.29, 1.82) is 0 Å². The summed E-state index contributed by atoms with van der Waals surface area (Å²) in [5.41, 5.74) is 4.43. The van der Waals surface area contributed by atoms with Crippen LogP contribution in [-0.2, 0) is 0 Å². The third kappa shape index (κ3) is 4.86. The van der Waals surface area contributed by atoms with Gasteiger partial charge in [0.1, 0.15) is 0 Å². The van der Waals surface area contributed by atoms with Crippen LogP contribution in [0.5, 0.6) is 11.6 Å². The van der Waals surface area contributed by atoms with Crippen LogP contribution in [0, 0.1) is 30.4 Å². The summed E-state index contributed by atoms with van der Waals surface area (Å²) in [6, 6.07) is 11.2. The van der Waals surface area contributed by atoms with Crippen LogP contribution in [0.25, 0.3) is 16.9 Å². The second-order valence-corrected chi connectivity index (χ2v) is 10.5. The maximum Gasteiger partial charge on any atom is 0.239 e. The zero-order valence-corrected chi connectivity index (χ0v) is 21.4. The summed E-state index contributed by atoms with van der Waals surface area (Å²) in [5, 5.41) is 8.02. The Hall–Kier alpha value is -3.85. The summed E-state index contributed by atoms with van der Waals surface area (Å²) in [6.07, 6.45) is 4.58. The van der Waals surface area contributed by atoms with E-state index in [2.05, 4.69) is 27.3 Å². The Kier molecular flexibility index (Phi) is 6.31. The molecule has 38 heavy (non-hydrogen) atoms. The maximum absolute atomic E-state index is 14.4. The molecule has 7 nitrogen and oxygen atoms in total. The van der Waals surface area contributed by atoms with Crippen LogP contribution in [0.2, 0.25) is 0 Å². The van der Waals surface area contributed by atoms with Crippen molar-refractivity contribution in [3.8, 4) is 22.9 Å². The first kappa shape index (κ1) is 24.5. The second-order valence-electron chi connectivity index (χ2n) is 10.5. The van der Waals surface area contributed by atoms with Gasteiger partial charge in [-0.1, -0.05) is 18.2 Å². The fourth-order valence-electron chi connectivity index (χ4n) is 5.04. The number of imidazole rings is 1. The molecule has 196 valence electrons. The lowest BCUT2D eigenvalue weighted by Gasteiger charge is -2.36. The number of Topliss-reactive ketones (excluding diaryl/α,β-unsaturated/α-hetero) is 1. The summed E-state index contributed by atoms with van der Waals surface area (Å²) in [7, 11) is 2.08. The van der Waals surface area contributed by atoms with E-state index >= 15 is 0 Å². The van der Waals surface area contributed by atoms with Gasteiger partial charge in [-0.25, -0.2) is 13.9 Å². The SMILES string of the molecule is Cc1cc(-c2cnc3c(NCC4CN(C)C4)cc(Oc4cccc(F)c4F)nn23)ccc1C(=O)CC1CC1. The molecule has 1 aliphatic heterocycles. The monoisotopic (exact) mass is 517 g/mol. The Labute approximate surface area is 219 Å². The van der Waals surface area contributed by atoms with E-state index in [1.54, 1.807) is 16.8 Å². The number of halogens is 2. The number of aromatic nitrogens is 3. The van der Waals surface area contributed by atoms with Gasteiger partial charge in [0.05, 0.1) is 17.6 Å². The Balaban J connectivity index is 1.36. The molecule has 0 unspecified atom stereocenters. The first-order valence-electron chi connectivity index (χ1n) is 12.9. The molecular weight excluding hydrogens is 488 g/mol. The van der Waals surface area contributed by atoms with E-state index < -0.39 is 11.6 Å². The highest BCUT2D eigenvalue weighted by molar-refractivity contribution is 5.98. The average Bonchev–Trinajstić information content (AvgIpc) is 3.58. The molecule has 2 aromatic carbocycles. The van der Waals surface area contributed by atoms with E-state index in [1.807, 2.05) is 25.1 Å². The Morgan fingerprint density at radius 1 is 1.13 bits per heavy atom. The largest absolute Gasteiger partial charge is 0.434 e. The second kappa shape index (κ2) is 9.79. The number of aryl methyl sites for hydroxylation is 1. The third-order valence-corrected chi connectivity index (χ3v) is 7.29. The maximum atomic E-state index is 14.4. The highest BCUT2D eigenvalue weighted by Crippen LogP contribution is 2.35. The number of benzene rings is 2. The molecule has 0 atom stereocenters. The van der Waals surface area contributed by atoms with Crippen LogP contribution in [0.15, 0.2) is 48.7 Å². The van der Waals surface area contributed by atoms with Crippen molar-refractivity contribution in [2.24, 2.45) is 11.8 Å². The van der Waals surface area contributed by atoms with Crippen LogP contribution in [-0.4, -0.2) is 52.0 Å². The van der Waals surface area contributed by atoms with Crippen LogP contribution in [0.1, 0.15) is 35.2 Å². The van der Waals surface area contributed by atoms with Gasteiger partial charge in [-0.15, -0.1) is 5.10 Å². The molecule has 1 saturated carbocycles. The quantitative estimate of drug-likeness (QED) is 0.286. The number of rotatable bonds is 9. The Morgan fingerprint density at radius 3 is 2.68 bits per heavy atom. The Morgan fingerprint density at radius 2 is 1.95 bits per heavy atom. The minimum absolute atomic E-state index is 0.0995. The van der Waals surface area contributed by atoms with E-state index in [1.165, 1.54) is 12.1 Å². The number of nitrogens with zero attached hydrogens (tertiary/aromatic N) is 4. The fourth-order valence-corrected chi connectivity index (χ4v) is 5.04. The van der Waals surface area contributed by atoms with Gasteiger partial charge in [-0.3, -0.25) is 4.79 Å². The summed E-state index contributed by atoms with van der Waals surface area (Å²) >= 11 is 0. The highest BCUT2D eigenvalue weighted by Gasteiger charge is 2.26. The number of likely N-dealkylation sites (tertiary alicyclic amines) is 1. The number of ether oxygens (including phenoxy) is 1. The molecule has 3 heterocycles. The molecule has 0 spiro atoms. The minimum atomic E-state index is -1.07. The molecular formula is C29H29F2N5O2. The summed E-state index contributed by atoms with van der Waals surface area (Å²) in [5.74, 6) is -1.02. The van der Waals surface area contributed by atoms with Gasteiger partial charge in [0.25, 0.3) is 0 Å². The van der Waals surface area contributed by atoms with Crippen molar-refractivity contribution < 1.29 is 18.3 Å². The van der Waals surface area contributed by atoms with Crippen LogP contribution in [0.4, 0.5) is 14.5 Å². The Bertz CT molecular complexity index is 1530. The van der Waals surface area contributed by atoms with Crippen LogP contribution in [0.3, 0.4) is 0 Å². The molecule has 1 saturated heterocycles. The van der Waals surface area contributed by atoms with E-state index in [0.29, 0.717) is 35.3 Å². The number of hydrogen-bond donors (Lipinski definition) is 1. The number of ketones is 1. The molecule has 0 amide bonds. The standard InChI is InChI=1S/C29H29F2N5O2/c1-17-10-20(8-9-21(17)25(37)11-18-6-7-18)24-14-33-29-23(32-13-19-15-35(2)16-19)12-27(34-36(24)29)38-26-5-3-4-22(30)28(26)31/h3-5,8-10,12,14,18-19,32H,6-7,11,13,15-16H2,1-2H3. The van der Waals surface area contributed by atoms with Gasteiger partial charge >= 0.3 is 0 Å². The molecule has 1 N–H and O–H groups in total. The number of fused-ring (bicyclic) bond motifs is 1. The predicted octanol–water partition coefficient (Wildman–Crippen LogP) is 5.73. The van der Waals surface area contributed by atoms with Gasteiger partial charge in [0.15, 0.2) is 23.0 Å². The molecule has 1 aliphatic carbocycles. The number of carbonyl (C=O) groups is 1. The molecule has 2 aromatic heterocycles. The number of nitrogens with one attached hydrogen (secondary N) is 1. The molecule has 2 fully saturated rings. The first-order chi connectivity index (χ1) is 18.4. The van der Waals surface area contributed by atoms with E-state index in [4.69, 9.17) is 4.74 Å². The lowest BCUT2D eigenvalue weighted by molar-refractivity contribution is 0.0975. The van der Waals surface area contributed by atoms with E-state index in [-0.39, 0.29) is 17.4 Å². The van der Waals surface area contributed by atoms with Crippen molar-refractivity contribution >= 4 is 17.1 Å². The smallest absolute Gasteiger partial charge is 0.239 e. The van der Waals surface area contributed by atoms with Gasteiger partial charge in [0, 0.05) is 49.2 Å². The normalized spacial score (nSPS) is 16.0. The summed E-state index contributed by atoms with van der Waals surface area (Å²) in [4.78, 5) is 19.6. The van der Waals surface area contributed by atoms with Gasteiger partial charge in [-0.05, 0) is 56.5 Å². The van der Waals surface area contributed by atoms with Crippen LogP contribution >= 0.6 is 0 Å². The zero-order chi connectivity index (χ0) is 26.4. The first-order valence-corrected chi connectivity index (χ1v) is 12.9. The zero-order valence-electron chi connectivity index (χ0n) is 21.4. The highest BCUT2D eigenvalue weighted by atomic mass is 19.2. The van der Waals surface area contributed by atoms with Gasteiger partial charge in [0.2, 0.25) is 11.7 Å². The topological polar surface area (TPSA) is 71.8 Å². The van der Waals surface area contributed by atoms with Gasteiger partial charge in [-0.2, -0.15) is 4.39 Å². The average molecular weight is 518 g/mol. The molecule has 6 rings (SSSR count). The van der Waals surface area contributed by atoms with Crippen LogP contribution < -0.4 is 10.1 Å². The van der Waals surface area contributed by atoms with E-state index in [9.17, 15) is 13.6 Å². The number of hydrogen-bond acceptors (Lipinski definition) is 6. The summed E-state index contributed by atoms with van der Waals surface area (Å²) < 4.78 is 35.5. The van der Waals surface area contributed by atoms with Gasteiger partial charge < -0.3 is 15.0 Å². The molecule has 0 bridgehead atoms. The van der Waals surface area contributed by atoms with Crippen molar-refractivity contribution in [2.75, 3.05) is 32.0 Å². The predicted molar refractivity (Wildman–Crippen MR) is 141 cm³/mol. The third-order valence-electron chi connectivity index (χ3n) is 7.29. The van der Waals surface area contributed by atoms with Crippen molar-refractivity contribution in [3.05, 3.63) is 71.4 Å². The van der Waals surface area contributed by atoms with E-state index in [0.717, 1.165) is 55.2 Å². The fraction of sp³-hybridized carbons (Fsp3) is 0.345. The van der Waals surface area contributed by atoms with Crippen molar-refractivity contribution in [1.82, 2.24) is 19.5 Å². The number of anilines is 1. The van der Waals surface area contributed by atoms with Crippen molar-refractivity contribution in [2.45, 2.75) is 26.2 Å². The minimum Gasteiger partial charge on any atom is -0.434 e. The molecule has 0 radical (unpaired) electrons. The lowest BCUT2D eigenvalue weighted by atomic mass is 9.98. The van der Waals surface area contributed by atoms with Crippen molar-refractivity contribution in [3.63, 3.8) is 0 Å². The molecule has 4 aromatic rings. The summed E-state index contributed by atoms with van der Waals surface area (Å²) in [6.45, 7) is 4.66. The lowest BCUT2D eigenvalue weighted by Crippen LogP contribution is -2.46.